The fourth-order valence-electron chi connectivity index (χ4n) is 0.453. The lowest BCUT2D eigenvalue weighted by atomic mass is 10.5. The smallest absolute Gasteiger partial charge is 0.0834 e. The second-order valence-corrected chi connectivity index (χ2v) is 2.79. The van der Waals surface area contributed by atoms with Crippen molar-refractivity contribution in [3.63, 3.8) is 0 Å². The van der Waals surface area contributed by atoms with Crippen molar-refractivity contribution in [1.29, 1.82) is 0 Å². The van der Waals surface area contributed by atoms with E-state index < -0.39 is 0 Å². The van der Waals surface area contributed by atoms with Crippen molar-refractivity contribution in [2.45, 2.75) is 0 Å². The molecule has 0 radical (unpaired) electrons. The summed E-state index contributed by atoms with van der Waals surface area (Å²) in [4.78, 5) is 0.850. The number of oxime groups is 1. The van der Waals surface area contributed by atoms with Gasteiger partial charge < -0.3 is 5.21 Å². The van der Waals surface area contributed by atoms with E-state index in [1.165, 1.54) is 17.6 Å². The SMILES string of the molecule is O/N=C\c1cc(Cl)cs1. The summed E-state index contributed by atoms with van der Waals surface area (Å²) in [5, 5.41) is 13.4. The second-order valence-electron chi connectivity index (χ2n) is 1.41. The maximum atomic E-state index is 8.06. The maximum Gasteiger partial charge on any atom is 0.0834 e. The largest absolute Gasteiger partial charge is 0.411 e. The third-order valence-corrected chi connectivity index (χ3v) is 1.99. The highest BCUT2D eigenvalue weighted by Gasteiger charge is 1.91. The van der Waals surface area contributed by atoms with Crippen molar-refractivity contribution in [2.75, 3.05) is 0 Å². The molecule has 1 rings (SSSR count). The molecule has 0 aliphatic carbocycles. The summed E-state index contributed by atoms with van der Waals surface area (Å²) in [6.07, 6.45) is 1.34. The molecule has 1 N–H and O–H groups in total. The van der Waals surface area contributed by atoms with Crippen LogP contribution in [-0.2, 0) is 0 Å². The first-order valence-electron chi connectivity index (χ1n) is 2.24. The minimum absolute atomic E-state index is 0.676. The normalized spacial score (nSPS) is 10.8. The van der Waals surface area contributed by atoms with Crippen LogP contribution in [0.15, 0.2) is 16.6 Å². The summed E-state index contributed by atoms with van der Waals surface area (Å²) in [5.74, 6) is 0. The number of rotatable bonds is 1. The van der Waals surface area contributed by atoms with Gasteiger partial charge in [0.1, 0.15) is 0 Å². The van der Waals surface area contributed by atoms with Crippen LogP contribution in [0.5, 0.6) is 0 Å². The molecule has 0 spiro atoms. The van der Waals surface area contributed by atoms with Crippen molar-refractivity contribution in [3.8, 4) is 0 Å². The molecule has 0 aromatic carbocycles. The van der Waals surface area contributed by atoms with Crippen molar-refractivity contribution >= 4 is 29.2 Å². The molecule has 0 bridgehead atoms. The minimum Gasteiger partial charge on any atom is -0.411 e. The highest BCUT2D eigenvalue weighted by Crippen LogP contribution is 2.16. The number of halogens is 1. The van der Waals surface area contributed by atoms with Gasteiger partial charge in [-0.1, -0.05) is 16.8 Å². The van der Waals surface area contributed by atoms with Gasteiger partial charge in [-0.25, -0.2) is 0 Å². The molecule has 1 aromatic rings. The zero-order chi connectivity index (χ0) is 6.69. The summed E-state index contributed by atoms with van der Waals surface area (Å²) < 4.78 is 0. The van der Waals surface area contributed by atoms with Gasteiger partial charge in [-0.3, -0.25) is 0 Å². The molecule has 48 valence electrons. The lowest BCUT2D eigenvalue weighted by molar-refractivity contribution is 0.322. The van der Waals surface area contributed by atoms with Crippen LogP contribution in [0.25, 0.3) is 0 Å². The summed E-state index contributed by atoms with van der Waals surface area (Å²) in [6.45, 7) is 0. The van der Waals surface area contributed by atoms with Gasteiger partial charge in [-0.15, -0.1) is 11.3 Å². The van der Waals surface area contributed by atoms with E-state index in [-0.39, 0.29) is 0 Å². The molecule has 1 heterocycles. The average molecular weight is 162 g/mol. The van der Waals surface area contributed by atoms with Crippen LogP contribution in [0.2, 0.25) is 5.02 Å². The Balaban J connectivity index is 2.85. The molecule has 0 aliphatic heterocycles. The third-order valence-electron chi connectivity index (χ3n) is 0.773. The predicted octanol–water partition coefficient (Wildman–Crippen LogP) is 2.21. The molecule has 0 fully saturated rings. The first kappa shape index (κ1) is 6.58. The lowest BCUT2D eigenvalue weighted by Crippen LogP contribution is -1.68. The molecule has 9 heavy (non-hydrogen) atoms. The average Bonchev–Trinajstić information content (AvgIpc) is 2.17. The van der Waals surface area contributed by atoms with Gasteiger partial charge in [0.15, 0.2) is 0 Å². The zero-order valence-corrected chi connectivity index (χ0v) is 5.99. The lowest BCUT2D eigenvalue weighted by Gasteiger charge is -1.74. The quantitative estimate of drug-likeness (QED) is 0.382. The fourth-order valence-corrected chi connectivity index (χ4v) is 1.39. The van der Waals surface area contributed by atoms with Crippen LogP contribution in [0, 0.1) is 0 Å². The van der Waals surface area contributed by atoms with E-state index in [4.69, 9.17) is 16.8 Å². The Morgan fingerprint density at radius 3 is 3.00 bits per heavy atom. The van der Waals surface area contributed by atoms with E-state index >= 15 is 0 Å². The predicted molar refractivity (Wildman–Crippen MR) is 38.7 cm³/mol. The highest BCUT2D eigenvalue weighted by molar-refractivity contribution is 7.12. The van der Waals surface area contributed by atoms with Gasteiger partial charge in [-0.05, 0) is 6.07 Å². The number of hydrogen-bond acceptors (Lipinski definition) is 3. The highest BCUT2D eigenvalue weighted by atomic mass is 35.5. The molecule has 0 unspecified atom stereocenters. The maximum absolute atomic E-state index is 8.06. The number of thiophene rings is 1. The summed E-state index contributed by atoms with van der Waals surface area (Å²) in [5.41, 5.74) is 0. The summed E-state index contributed by atoms with van der Waals surface area (Å²) >= 11 is 7.00. The Hall–Kier alpha value is -0.540. The molecular formula is C5H4ClNOS. The summed E-state index contributed by atoms with van der Waals surface area (Å²) in [7, 11) is 0. The Bertz CT molecular complexity index is 220. The van der Waals surface area contributed by atoms with Gasteiger partial charge >= 0.3 is 0 Å². The molecule has 0 atom stereocenters. The van der Waals surface area contributed by atoms with Crippen molar-refractivity contribution in [1.82, 2.24) is 0 Å². The van der Waals surface area contributed by atoms with E-state index in [1.807, 2.05) is 0 Å². The molecule has 4 heteroatoms. The van der Waals surface area contributed by atoms with Crippen LogP contribution in [0.1, 0.15) is 4.88 Å². The van der Waals surface area contributed by atoms with Crippen LogP contribution in [-0.4, -0.2) is 11.4 Å². The first-order valence-corrected chi connectivity index (χ1v) is 3.50. The van der Waals surface area contributed by atoms with Gasteiger partial charge in [0.2, 0.25) is 0 Å². The van der Waals surface area contributed by atoms with E-state index in [0.29, 0.717) is 5.02 Å². The number of hydrogen-bond donors (Lipinski definition) is 1. The Morgan fingerprint density at radius 2 is 2.56 bits per heavy atom. The van der Waals surface area contributed by atoms with Crippen molar-refractivity contribution in [3.05, 3.63) is 21.3 Å². The minimum atomic E-state index is 0.676. The van der Waals surface area contributed by atoms with Gasteiger partial charge in [-0.2, -0.15) is 0 Å². The molecule has 0 saturated carbocycles. The Labute approximate surface area is 61.4 Å². The van der Waals surface area contributed by atoms with E-state index in [0.717, 1.165) is 4.88 Å². The van der Waals surface area contributed by atoms with Crippen molar-refractivity contribution in [2.24, 2.45) is 5.16 Å². The zero-order valence-electron chi connectivity index (χ0n) is 4.41. The van der Waals surface area contributed by atoms with Crippen LogP contribution in [0.4, 0.5) is 0 Å². The van der Waals surface area contributed by atoms with Gasteiger partial charge in [0, 0.05) is 5.38 Å². The fraction of sp³-hybridized carbons (Fsp3) is 0. The topological polar surface area (TPSA) is 32.6 Å². The summed E-state index contributed by atoms with van der Waals surface area (Å²) in [6, 6.07) is 1.73. The van der Waals surface area contributed by atoms with Crippen LogP contribution < -0.4 is 0 Å². The molecule has 2 nitrogen and oxygen atoms in total. The third kappa shape index (κ3) is 1.69. The van der Waals surface area contributed by atoms with E-state index in [9.17, 15) is 0 Å². The Kier molecular flexibility index (Phi) is 2.08. The first-order chi connectivity index (χ1) is 4.33. The van der Waals surface area contributed by atoms with Crippen LogP contribution in [0.3, 0.4) is 0 Å². The molecule has 0 aliphatic rings. The standard InChI is InChI=1S/C5H4ClNOS/c6-4-1-5(2-7-8)9-3-4/h1-3,8H/b7-2-. The number of nitrogens with zero attached hydrogens (tertiary/aromatic N) is 1. The van der Waals surface area contributed by atoms with E-state index in [1.54, 1.807) is 11.4 Å². The second kappa shape index (κ2) is 2.85. The Morgan fingerprint density at radius 1 is 1.78 bits per heavy atom. The van der Waals surface area contributed by atoms with Gasteiger partial charge in [0.05, 0.1) is 16.1 Å². The van der Waals surface area contributed by atoms with Crippen LogP contribution >= 0.6 is 22.9 Å². The van der Waals surface area contributed by atoms with Crippen molar-refractivity contribution < 1.29 is 5.21 Å². The van der Waals surface area contributed by atoms with E-state index in [2.05, 4.69) is 5.16 Å². The molecule has 0 saturated heterocycles. The molecular weight excluding hydrogens is 158 g/mol. The molecule has 1 aromatic heterocycles. The monoisotopic (exact) mass is 161 g/mol. The molecule has 0 amide bonds. The van der Waals surface area contributed by atoms with Gasteiger partial charge in [0.25, 0.3) is 0 Å².